The Morgan fingerprint density at radius 1 is 1.12 bits per heavy atom. The molecule has 0 saturated carbocycles. The lowest BCUT2D eigenvalue weighted by Gasteiger charge is -2.25. The molecule has 0 heterocycles. The Labute approximate surface area is 145 Å². The highest BCUT2D eigenvalue weighted by atomic mass is 35.5. The molecule has 0 radical (unpaired) electrons. The predicted octanol–water partition coefficient (Wildman–Crippen LogP) is 4.79. The van der Waals surface area contributed by atoms with Gasteiger partial charge in [0.1, 0.15) is 11.6 Å². The molecule has 3 nitrogen and oxygen atoms in total. The van der Waals surface area contributed by atoms with Crippen LogP contribution in [-0.2, 0) is 0 Å². The summed E-state index contributed by atoms with van der Waals surface area (Å²) in [6.07, 6.45) is 0. The third-order valence-corrected chi connectivity index (χ3v) is 4.26. The van der Waals surface area contributed by atoms with Crippen molar-refractivity contribution in [2.45, 2.75) is 13.8 Å². The van der Waals surface area contributed by atoms with Crippen LogP contribution in [-0.4, -0.2) is 31.4 Å². The molecule has 0 unspecified atom stereocenters. The van der Waals surface area contributed by atoms with Crippen LogP contribution in [0.1, 0.15) is 22.8 Å². The third-order valence-electron chi connectivity index (χ3n) is 4.03. The molecule has 0 aromatic heterocycles. The fourth-order valence-corrected chi connectivity index (χ4v) is 2.63. The van der Waals surface area contributed by atoms with Gasteiger partial charge in [0.25, 0.3) is 5.91 Å². The predicted molar refractivity (Wildman–Crippen MR) is 93.2 cm³/mol. The summed E-state index contributed by atoms with van der Waals surface area (Å²) in [5, 5.41) is 0.279. The van der Waals surface area contributed by atoms with E-state index >= 15 is 0 Å². The molecule has 1 amide bonds. The highest BCUT2D eigenvalue weighted by Gasteiger charge is 2.20. The van der Waals surface area contributed by atoms with Gasteiger partial charge in [-0.3, -0.25) is 4.79 Å². The van der Waals surface area contributed by atoms with Crippen LogP contribution in [0.5, 0.6) is 0 Å². The second kappa shape index (κ2) is 7.18. The van der Waals surface area contributed by atoms with Crippen LogP contribution in [0.2, 0.25) is 5.02 Å². The van der Waals surface area contributed by atoms with E-state index in [4.69, 9.17) is 11.6 Å². The number of nitrogens with zero attached hydrogens (tertiary/aromatic N) is 2. The molecule has 0 spiro atoms. The standard InChI is InChI=1S/C18H19ClF2N2O/c1-5-22(3)18(24)14-9-13(20)10-17(11(14)2)23(4)16-7-6-12(19)8-15(16)21/h6-10H,5H2,1-4H3. The summed E-state index contributed by atoms with van der Waals surface area (Å²) < 4.78 is 28.2. The lowest BCUT2D eigenvalue weighted by atomic mass is 10.0. The van der Waals surface area contributed by atoms with Crippen molar-refractivity contribution in [1.82, 2.24) is 4.90 Å². The maximum atomic E-state index is 14.2. The number of anilines is 2. The summed E-state index contributed by atoms with van der Waals surface area (Å²) in [7, 11) is 3.26. The Morgan fingerprint density at radius 3 is 2.38 bits per heavy atom. The fraction of sp³-hybridized carbons (Fsp3) is 0.278. The van der Waals surface area contributed by atoms with Gasteiger partial charge in [0.15, 0.2) is 0 Å². The Bertz CT molecular complexity index is 780. The number of carbonyl (C=O) groups excluding carboxylic acids is 1. The van der Waals surface area contributed by atoms with E-state index in [0.29, 0.717) is 17.8 Å². The molecule has 0 N–H and O–H groups in total. The molecule has 2 aromatic carbocycles. The number of amides is 1. The van der Waals surface area contributed by atoms with E-state index in [2.05, 4.69) is 0 Å². The van der Waals surface area contributed by atoms with E-state index in [0.717, 1.165) is 0 Å². The Hall–Kier alpha value is -2.14. The molecule has 0 aliphatic carbocycles. The van der Waals surface area contributed by atoms with Crippen molar-refractivity contribution in [2.24, 2.45) is 0 Å². The lowest BCUT2D eigenvalue weighted by molar-refractivity contribution is 0.0801. The van der Waals surface area contributed by atoms with E-state index < -0.39 is 11.6 Å². The largest absolute Gasteiger partial charge is 0.342 e. The minimum Gasteiger partial charge on any atom is -0.342 e. The Morgan fingerprint density at radius 2 is 1.79 bits per heavy atom. The minimum absolute atomic E-state index is 0.246. The smallest absolute Gasteiger partial charge is 0.254 e. The number of benzene rings is 2. The van der Waals surface area contributed by atoms with Gasteiger partial charge in [-0.05, 0) is 49.7 Å². The molecule has 2 rings (SSSR count). The second-order valence-electron chi connectivity index (χ2n) is 5.57. The van der Waals surface area contributed by atoms with Crippen molar-refractivity contribution in [3.8, 4) is 0 Å². The first-order chi connectivity index (χ1) is 11.3. The average Bonchev–Trinajstić information content (AvgIpc) is 2.54. The minimum atomic E-state index is -0.551. The van der Waals surface area contributed by atoms with Crippen LogP contribution in [0.3, 0.4) is 0 Å². The Balaban J connectivity index is 2.54. The van der Waals surface area contributed by atoms with Crippen molar-refractivity contribution in [1.29, 1.82) is 0 Å². The lowest BCUT2D eigenvalue weighted by Crippen LogP contribution is -2.27. The molecular weight excluding hydrogens is 334 g/mol. The molecule has 0 aliphatic rings. The molecular formula is C18H19ClF2N2O. The van der Waals surface area contributed by atoms with Crippen LogP contribution >= 0.6 is 11.6 Å². The van der Waals surface area contributed by atoms with Crippen molar-refractivity contribution < 1.29 is 13.6 Å². The summed E-state index contributed by atoms with van der Waals surface area (Å²) in [4.78, 5) is 15.4. The number of halogens is 3. The average molecular weight is 353 g/mol. The van der Waals surface area contributed by atoms with E-state index in [1.165, 1.54) is 34.1 Å². The van der Waals surface area contributed by atoms with Crippen LogP contribution < -0.4 is 4.90 Å². The van der Waals surface area contributed by atoms with Crippen LogP contribution in [0.15, 0.2) is 30.3 Å². The molecule has 6 heteroatoms. The second-order valence-corrected chi connectivity index (χ2v) is 6.01. The molecule has 0 fully saturated rings. The molecule has 0 aliphatic heterocycles. The molecule has 24 heavy (non-hydrogen) atoms. The number of rotatable bonds is 4. The zero-order valence-corrected chi connectivity index (χ0v) is 14.8. The number of hydrogen-bond acceptors (Lipinski definition) is 2. The molecule has 0 bridgehead atoms. The molecule has 0 atom stereocenters. The quantitative estimate of drug-likeness (QED) is 0.790. The first-order valence-electron chi connectivity index (χ1n) is 7.50. The summed E-state index contributed by atoms with van der Waals surface area (Å²) in [5.41, 5.74) is 1.51. The van der Waals surface area contributed by atoms with Gasteiger partial charge in [0.2, 0.25) is 0 Å². The van der Waals surface area contributed by atoms with E-state index in [1.807, 2.05) is 6.92 Å². The molecule has 0 saturated heterocycles. The van der Waals surface area contributed by atoms with Crippen molar-refractivity contribution in [2.75, 3.05) is 25.5 Å². The highest BCUT2D eigenvalue weighted by molar-refractivity contribution is 6.30. The SMILES string of the molecule is CCN(C)C(=O)c1cc(F)cc(N(C)c2ccc(Cl)cc2F)c1C. The maximum absolute atomic E-state index is 14.2. The fourth-order valence-electron chi connectivity index (χ4n) is 2.47. The van der Waals surface area contributed by atoms with E-state index in [9.17, 15) is 13.6 Å². The topological polar surface area (TPSA) is 23.6 Å². The van der Waals surface area contributed by atoms with E-state index in [-0.39, 0.29) is 22.2 Å². The van der Waals surface area contributed by atoms with Gasteiger partial charge in [0.05, 0.1) is 5.69 Å². The summed E-state index contributed by atoms with van der Waals surface area (Å²) in [5.74, 6) is -1.35. The molecule has 2 aromatic rings. The maximum Gasteiger partial charge on any atom is 0.254 e. The zero-order chi connectivity index (χ0) is 18.0. The monoisotopic (exact) mass is 352 g/mol. The first-order valence-corrected chi connectivity index (χ1v) is 7.88. The van der Waals surface area contributed by atoms with Crippen molar-refractivity contribution >= 4 is 28.9 Å². The number of carbonyl (C=O) groups is 1. The van der Waals surface area contributed by atoms with Gasteiger partial charge in [0, 0.05) is 36.9 Å². The summed E-state index contributed by atoms with van der Waals surface area (Å²) >= 11 is 5.77. The van der Waals surface area contributed by atoms with Gasteiger partial charge < -0.3 is 9.80 Å². The highest BCUT2D eigenvalue weighted by Crippen LogP contribution is 2.32. The van der Waals surface area contributed by atoms with Gasteiger partial charge in [-0.25, -0.2) is 8.78 Å². The zero-order valence-electron chi connectivity index (χ0n) is 14.0. The van der Waals surface area contributed by atoms with Gasteiger partial charge >= 0.3 is 0 Å². The van der Waals surface area contributed by atoms with Crippen molar-refractivity contribution in [3.05, 3.63) is 58.1 Å². The summed E-state index contributed by atoms with van der Waals surface area (Å²) in [6, 6.07) is 6.76. The first kappa shape index (κ1) is 18.2. The van der Waals surface area contributed by atoms with Crippen LogP contribution in [0, 0.1) is 18.6 Å². The molecule has 128 valence electrons. The van der Waals surface area contributed by atoms with Crippen LogP contribution in [0.25, 0.3) is 0 Å². The van der Waals surface area contributed by atoms with Gasteiger partial charge in [-0.2, -0.15) is 0 Å². The van der Waals surface area contributed by atoms with E-state index in [1.54, 1.807) is 27.1 Å². The van der Waals surface area contributed by atoms with Crippen LogP contribution in [0.4, 0.5) is 20.2 Å². The normalized spacial score (nSPS) is 10.6. The third kappa shape index (κ3) is 3.51. The van der Waals surface area contributed by atoms with Gasteiger partial charge in [-0.1, -0.05) is 11.6 Å². The van der Waals surface area contributed by atoms with Crippen molar-refractivity contribution in [3.63, 3.8) is 0 Å². The Kier molecular flexibility index (Phi) is 5.44. The summed E-state index contributed by atoms with van der Waals surface area (Å²) in [6.45, 7) is 4.06. The number of hydrogen-bond donors (Lipinski definition) is 0. The van der Waals surface area contributed by atoms with Gasteiger partial charge in [-0.15, -0.1) is 0 Å².